The van der Waals surface area contributed by atoms with Crippen LogP contribution in [0.1, 0.15) is 77.6 Å². The molecule has 0 saturated carbocycles. The van der Waals surface area contributed by atoms with E-state index in [-0.39, 0.29) is 24.8 Å². The molecule has 0 aliphatic rings. The van der Waals surface area contributed by atoms with Gasteiger partial charge in [-0.15, -0.1) is 0 Å². The molecule has 2 atom stereocenters. The predicted molar refractivity (Wildman–Crippen MR) is 101 cm³/mol. The minimum atomic E-state index is -0.547. The number of carbonyl (C=O) groups is 2. The van der Waals surface area contributed by atoms with Gasteiger partial charge in [-0.3, -0.25) is 9.59 Å². The molecule has 0 amide bonds. The Morgan fingerprint density at radius 2 is 1.19 bits per heavy atom. The molecule has 1 aromatic carbocycles. The van der Waals surface area contributed by atoms with Gasteiger partial charge < -0.3 is 20.9 Å². The SMILES string of the molecule is CC(C)(C)OC(=O)C[C@@H](N)c1cccc([C@H](N)CC(=O)OC(C)(C)C)c1. The Labute approximate surface area is 156 Å². The zero-order valence-electron chi connectivity index (χ0n) is 16.7. The van der Waals surface area contributed by atoms with Gasteiger partial charge in [0.1, 0.15) is 11.2 Å². The summed E-state index contributed by atoms with van der Waals surface area (Å²) < 4.78 is 10.6. The van der Waals surface area contributed by atoms with E-state index in [9.17, 15) is 9.59 Å². The zero-order chi connectivity index (χ0) is 20.1. The van der Waals surface area contributed by atoms with Gasteiger partial charge in [0.25, 0.3) is 0 Å². The summed E-state index contributed by atoms with van der Waals surface area (Å²) in [6.45, 7) is 10.9. The van der Waals surface area contributed by atoms with Crippen LogP contribution in [0.5, 0.6) is 0 Å². The molecule has 0 unspecified atom stereocenters. The number of hydrogen-bond donors (Lipinski definition) is 2. The van der Waals surface area contributed by atoms with E-state index in [1.807, 2.05) is 65.8 Å². The molecule has 0 aliphatic heterocycles. The smallest absolute Gasteiger partial charge is 0.308 e. The molecule has 0 heterocycles. The lowest BCUT2D eigenvalue weighted by Crippen LogP contribution is -2.27. The fraction of sp³-hybridized carbons (Fsp3) is 0.600. The molecular weight excluding hydrogens is 332 g/mol. The minimum Gasteiger partial charge on any atom is -0.460 e. The first-order chi connectivity index (χ1) is 11.8. The molecular formula is C20H32N2O4. The number of benzene rings is 1. The normalized spacial score (nSPS) is 14.5. The molecule has 0 radical (unpaired) electrons. The predicted octanol–water partition coefficient (Wildman–Crippen LogP) is 3.15. The number of carbonyl (C=O) groups excluding carboxylic acids is 2. The van der Waals surface area contributed by atoms with Crippen molar-refractivity contribution in [1.82, 2.24) is 0 Å². The molecule has 26 heavy (non-hydrogen) atoms. The van der Waals surface area contributed by atoms with Crippen molar-refractivity contribution < 1.29 is 19.1 Å². The summed E-state index contributed by atoms with van der Waals surface area (Å²) in [4.78, 5) is 23.9. The van der Waals surface area contributed by atoms with E-state index in [0.29, 0.717) is 0 Å². The van der Waals surface area contributed by atoms with Gasteiger partial charge in [0.05, 0.1) is 12.8 Å². The van der Waals surface area contributed by atoms with Crippen LogP contribution in [0.4, 0.5) is 0 Å². The topological polar surface area (TPSA) is 105 Å². The van der Waals surface area contributed by atoms with Gasteiger partial charge in [-0.1, -0.05) is 24.3 Å². The van der Waals surface area contributed by atoms with Crippen LogP contribution in [-0.4, -0.2) is 23.1 Å². The summed E-state index contributed by atoms with van der Waals surface area (Å²) in [7, 11) is 0. The second-order valence-corrected chi connectivity index (χ2v) is 8.46. The third-order valence-electron chi connectivity index (χ3n) is 3.38. The summed E-state index contributed by atoms with van der Waals surface area (Å²) in [6, 6.07) is 6.30. The van der Waals surface area contributed by atoms with E-state index >= 15 is 0 Å². The Balaban J connectivity index is 2.74. The first kappa shape index (κ1) is 22.1. The Kier molecular flexibility index (Phi) is 7.35. The van der Waals surface area contributed by atoms with Crippen LogP contribution in [0.3, 0.4) is 0 Å². The van der Waals surface area contributed by atoms with Crippen LogP contribution in [-0.2, 0) is 19.1 Å². The third kappa shape index (κ3) is 8.45. The van der Waals surface area contributed by atoms with Crippen molar-refractivity contribution in [3.63, 3.8) is 0 Å². The van der Waals surface area contributed by atoms with E-state index in [1.54, 1.807) is 0 Å². The van der Waals surface area contributed by atoms with E-state index in [4.69, 9.17) is 20.9 Å². The lowest BCUT2D eigenvalue weighted by Gasteiger charge is -2.22. The molecule has 146 valence electrons. The second kappa shape index (κ2) is 8.64. The highest BCUT2D eigenvalue weighted by molar-refractivity contribution is 5.71. The summed E-state index contributed by atoms with van der Waals surface area (Å²) >= 11 is 0. The average Bonchev–Trinajstić information content (AvgIpc) is 2.43. The molecule has 6 nitrogen and oxygen atoms in total. The van der Waals surface area contributed by atoms with E-state index in [2.05, 4.69) is 0 Å². The number of nitrogens with two attached hydrogens (primary N) is 2. The first-order valence-corrected chi connectivity index (χ1v) is 8.81. The molecule has 0 aliphatic carbocycles. The number of ether oxygens (including phenoxy) is 2. The van der Waals surface area contributed by atoms with E-state index in [1.165, 1.54) is 0 Å². The van der Waals surface area contributed by atoms with Crippen molar-refractivity contribution in [2.24, 2.45) is 11.5 Å². The highest BCUT2D eigenvalue weighted by atomic mass is 16.6. The first-order valence-electron chi connectivity index (χ1n) is 8.81. The van der Waals surface area contributed by atoms with E-state index < -0.39 is 23.3 Å². The molecule has 0 bridgehead atoms. The molecule has 0 fully saturated rings. The second-order valence-electron chi connectivity index (χ2n) is 8.46. The maximum Gasteiger partial charge on any atom is 0.308 e. The largest absolute Gasteiger partial charge is 0.460 e. The maximum absolute atomic E-state index is 12.0. The Morgan fingerprint density at radius 3 is 1.50 bits per heavy atom. The van der Waals surface area contributed by atoms with Gasteiger partial charge in [0, 0.05) is 12.1 Å². The lowest BCUT2D eigenvalue weighted by atomic mass is 9.97. The van der Waals surface area contributed by atoms with Crippen molar-refractivity contribution in [3.8, 4) is 0 Å². The summed E-state index contributed by atoms with van der Waals surface area (Å²) in [6.07, 6.45) is 0.143. The lowest BCUT2D eigenvalue weighted by molar-refractivity contribution is -0.156. The van der Waals surface area contributed by atoms with Gasteiger partial charge in [0.15, 0.2) is 0 Å². The van der Waals surface area contributed by atoms with Crippen LogP contribution in [0.15, 0.2) is 24.3 Å². The number of rotatable bonds is 6. The van der Waals surface area contributed by atoms with Gasteiger partial charge in [0.2, 0.25) is 0 Å². The molecule has 4 N–H and O–H groups in total. The van der Waals surface area contributed by atoms with Gasteiger partial charge in [-0.2, -0.15) is 0 Å². The number of hydrogen-bond acceptors (Lipinski definition) is 6. The van der Waals surface area contributed by atoms with Gasteiger partial charge >= 0.3 is 11.9 Å². The van der Waals surface area contributed by atoms with Crippen molar-refractivity contribution in [2.75, 3.05) is 0 Å². The van der Waals surface area contributed by atoms with Gasteiger partial charge in [-0.05, 0) is 52.7 Å². The maximum atomic E-state index is 12.0. The van der Waals surface area contributed by atoms with Crippen molar-refractivity contribution in [2.45, 2.75) is 77.7 Å². The highest BCUT2D eigenvalue weighted by Crippen LogP contribution is 2.23. The monoisotopic (exact) mass is 364 g/mol. The third-order valence-corrected chi connectivity index (χ3v) is 3.38. The fourth-order valence-corrected chi connectivity index (χ4v) is 2.38. The van der Waals surface area contributed by atoms with Crippen molar-refractivity contribution in [3.05, 3.63) is 35.4 Å². The standard InChI is InChI=1S/C20H32N2O4/c1-19(2,3)25-17(23)11-15(21)13-8-7-9-14(10-13)16(22)12-18(24)26-20(4,5)6/h7-10,15-16H,11-12,21-22H2,1-6H3/t15-,16-/m1/s1. The zero-order valence-corrected chi connectivity index (χ0v) is 16.7. The Morgan fingerprint density at radius 1 is 0.846 bits per heavy atom. The van der Waals surface area contributed by atoms with Crippen LogP contribution in [0.2, 0.25) is 0 Å². The molecule has 1 aromatic rings. The summed E-state index contributed by atoms with van der Waals surface area (Å²) in [5.41, 5.74) is 12.7. The van der Waals surface area contributed by atoms with Crippen molar-refractivity contribution in [1.29, 1.82) is 0 Å². The Bertz CT molecular complexity index is 578. The quantitative estimate of drug-likeness (QED) is 0.751. The minimum absolute atomic E-state index is 0.0715. The van der Waals surface area contributed by atoms with Crippen LogP contribution >= 0.6 is 0 Å². The molecule has 6 heteroatoms. The Hall–Kier alpha value is -1.92. The molecule has 0 saturated heterocycles. The van der Waals surface area contributed by atoms with Crippen LogP contribution in [0, 0.1) is 0 Å². The summed E-state index contributed by atoms with van der Waals surface area (Å²) in [5.74, 6) is -0.707. The van der Waals surface area contributed by atoms with Gasteiger partial charge in [-0.25, -0.2) is 0 Å². The van der Waals surface area contributed by atoms with Crippen LogP contribution in [0.25, 0.3) is 0 Å². The molecule has 0 spiro atoms. The summed E-state index contributed by atoms with van der Waals surface area (Å²) in [5, 5.41) is 0. The molecule has 1 rings (SSSR count). The van der Waals surface area contributed by atoms with E-state index in [0.717, 1.165) is 11.1 Å². The molecule has 0 aromatic heterocycles. The van der Waals surface area contributed by atoms with Crippen LogP contribution < -0.4 is 11.5 Å². The highest BCUT2D eigenvalue weighted by Gasteiger charge is 2.22. The fourth-order valence-electron chi connectivity index (χ4n) is 2.38. The van der Waals surface area contributed by atoms with Crippen molar-refractivity contribution >= 4 is 11.9 Å². The number of esters is 2. The average molecular weight is 364 g/mol.